The molecule has 0 spiro atoms. The zero-order valence-corrected chi connectivity index (χ0v) is 20.5. The number of nitrogens with one attached hydrogen (secondary N) is 2. The first kappa shape index (κ1) is 24.3. The van der Waals surface area contributed by atoms with E-state index in [9.17, 15) is 8.42 Å². The fourth-order valence-electron chi connectivity index (χ4n) is 3.72. The van der Waals surface area contributed by atoms with E-state index in [-0.39, 0.29) is 18.0 Å². The highest BCUT2D eigenvalue weighted by atomic mass is 32.2. The van der Waals surface area contributed by atoms with Gasteiger partial charge in [0.15, 0.2) is 5.82 Å². The van der Waals surface area contributed by atoms with E-state index in [0.717, 1.165) is 24.3 Å². The van der Waals surface area contributed by atoms with Gasteiger partial charge in [0.2, 0.25) is 10.0 Å². The number of hydrogen-bond donors (Lipinski definition) is 2. The Morgan fingerprint density at radius 1 is 1.06 bits per heavy atom. The van der Waals surface area contributed by atoms with Crippen molar-refractivity contribution in [3.63, 3.8) is 0 Å². The van der Waals surface area contributed by atoms with Crippen molar-refractivity contribution in [3.8, 4) is 0 Å². The van der Waals surface area contributed by atoms with Crippen LogP contribution in [0, 0.1) is 12.7 Å². The predicted octanol–water partition coefficient (Wildman–Crippen LogP) is 4.90. The van der Waals surface area contributed by atoms with Crippen LogP contribution in [-0.4, -0.2) is 38.5 Å². The third kappa shape index (κ3) is 5.53. The molecule has 1 fully saturated rings. The Morgan fingerprint density at radius 2 is 1.66 bits per heavy atom. The van der Waals surface area contributed by atoms with Crippen LogP contribution >= 0.6 is 0 Å². The Morgan fingerprint density at radius 3 is 2.22 bits per heavy atom. The van der Waals surface area contributed by atoms with Crippen LogP contribution in [0.5, 0.6) is 0 Å². The molecule has 2 atom stereocenters. The van der Waals surface area contributed by atoms with Crippen molar-refractivity contribution >= 4 is 27.1 Å². The standard InChI is InChI=1S/C24H34FN3O3S/c1-16-14-28(15-17(2)31-16)22-12-11-21(23(25)18(22)3)26-13-19-7-9-20(10-8-19)27-32(29,30)24(4,5)6/h7-12,16-17,26-27H,13-15H2,1-6H3/t16-,17+. The minimum Gasteiger partial charge on any atom is -0.379 e. The molecule has 0 amide bonds. The third-order valence-electron chi connectivity index (χ3n) is 5.61. The summed E-state index contributed by atoms with van der Waals surface area (Å²) >= 11 is 0. The monoisotopic (exact) mass is 463 g/mol. The van der Waals surface area contributed by atoms with Crippen molar-refractivity contribution in [1.82, 2.24) is 0 Å². The Hall–Kier alpha value is -2.32. The second kappa shape index (κ2) is 9.27. The lowest BCUT2D eigenvalue weighted by Gasteiger charge is -2.37. The normalized spacial score (nSPS) is 19.7. The summed E-state index contributed by atoms with van der Waals surface area (Å²) in [6.07, 6.45) is 0.213. The van der Waals surface area contributed by atoms with E-state index in [2.05, 4.69) is 14.9 Å². The van der Waals surface area contributed by atoms with E-state index < -0.39 is 14.8 Å². The van der Waals surface area contributed by atoms with Gasteiger partial charge < -0.3 is 15.0 Å². The third-order valence-corrected chi connectivity index (χ3v) is 7.73. The summed E-state index contributed by atoms with van der Waals surface area (Å²) in [4.78, 5) is 2.18. The zero-order chi connectivity index (χ0) is 23.7. The van der Waals surface area contributed by atoms with Gasteiger partial charge in [-0.3, -0.25) is 4.72 Å². The van der Waals surface area contributed by atoms with Gasteiger partial charge in [-0.2, -0.15) is 0 Å². The Balaban J connectivity index is 1.66. The van der Waals surface area contributed by atoms with E-state index in [1.165, 1.54) is 0 Å². The van der Waals surface area contributed by atoms with Crippen LogP contribution in [0.2, 0.25) is 0 Å². The SMILES string of the molecule is Cc1c(N2C[C@@H](C)O[C@@H](C)C2)ccc(NCc2ccc(NS(=O)(=O)C(C)(C)C)cc2)c1F. The van der Waals surface area contributed by atoms with E-state index in [0.29, 0.717) is 23.5 Å². The molecule has 0 aromatic heterocycles. The van der Waals surface area contributed by atoms with E-state index in [1.54, 1.807) is 45.9 Å². The predicted molar refractivity (Wildman–Crippen MR) is 129 cm³/mol. The van der Waals surface area contributed by atoms with Gasteiger partial charge in [-0.25, -0.2) is 12.8 Å². The summed E-state index contributed by atoms with van der Waals surface area (Å²) in [7, 11) is -3.48. The lowest BCUT2D eigenvalue weighted by atomic mass is 10.1. The number of anilines is 3. The molecule has 0 saturated carbocycles. The Labute approximate surface area is 191 Å². The smallest absolute Gasteiger partial charge is 0.237 e. The molecule has 0 radical (unpaired) electrons. The Kier molecular flexibility index (Phi) is 7.05. The molecule has 2 aromatic rings. The molecule has 2 aromatic carbocycles. The maximum Gasteiger partial charge on any atom is 0.237 e. The first-order valence-electron chi connectivity index (χ1n) is 10.9. The molecule has 0 unspecified atom stereocenters. The highest BCUT2D eigenvalue weighted by molar-refractivity contribution is 7.94. The Bertz CT molecular complexity index is 1040. The summed E-state index contributed by atoms with van der Waals surface area (Å²) < 4.78 is 47.1. The van der Waals surface area contributed by atoms with Crippen LogP contribution in [0.4, 0.5) is 21.5 Å². The van der Waals surface area contributed by atoms with Gasteiger partial charge in [-0.05, 0) is 71.4 Å². The van der Waals surface area contributed by atoms with Crippen LogP contribution in [-0.2, 0) is 21.3 Å². The summed E-state index contributed by atoms with van der Waals surface area (Å²) in [6, 6.07) is 10.8. The second-order valence-corrected chi connectivity index (χ2v) is 11.9. The lowest BCUT2D eigenvalue weighted by molar-refractivity contribution is -0.00526. The molecule has 1 aliphatic rings. The highest BCUT2D eigenvalue weighted by Gasteiger charge is 2.29. The summed E-state index contributed by atoms with van der Waals surface area (Å²) in [6.45, 7) is 12.7. The molecule has 1 heterocycles. The largest absolute Gasteiger partial charge is 0.379 e. The molecule has 0 aliphatic carbocycles. The average molecular weight is 464 g/mol. The molecule has 1 aliphatic heterocycles. The maximum absolute atomic E-state index is 15.1. The van der Waals surface area contributed by atoms with E-state index in [1.807, 2.05) is 32.0 Å². The van der Waals surface area contributed by atoms with Crippen LogP contribution in [0.3, 0.4) is 0 Å². The summed E-state index contributed by atoms with van der Waals surface area (Å²) in [5.74, 6) is -0.260. The number of sulfonamides is 1. The van der Waals surface area contributed by atoms with Crippen LogP contribution in [0.1, 0.15) is 45.7 Å². The van der Waals surface area contributed by atoms with Gasteiger partial charge in [0.1, 0.15) is 0 Å². The van der Waals surface area contributed by atoms with Gasteiger partial charge >= 0.3 is 0 Å². The van der Waals surface area contributed by atoms with Crippen molar-refractivity contribution < 1.29 is 17.5 Å². The van der Waals surface area contributed by atoms with Gasteiger partial charge in [0.25, 0.3) is 0 Å². The maximum atomic E-state index is 15.1. The van der Waals surface area contributed by atoms with Crippen molar-refractivity contribution in [2.45, 2.75) is 65.0 Å². The van der Waals surface area contributed by atoms with E-state index in [4.69, 9.17) is 4.74 Å². The molecule has 1 saturated heterocycles. The quantitative estimate of drug-likeness (QED) is 0.638. The fraction of sp³-hybridized carbons (Fsp3) is 0.500. The number of ether oxygens (including phenoxy) is 1. The summed E-state index contributed by atoms with van der Waals surface area (Å²) in [5.41, 5.74) is 3.37. The average Bonchev–Trinajstić information content (AvgIpc) is 2.68. The van der Waals surface area contributed by atoms with Gasteiger partial charge in [0, 0.05) is 36.6 Å². The van der Waals surface area contributed by atoms with Crippen molar-refractivity contribution in [3.05, 3.63) is 53.3 Å². The molecule has 0 bridgehead atoms. The number of morpholine rings is 1. The van der Waals surface area contributed by atoms with Crippen LogP contribution < -0.4 is 14.9 Å². The second-order valence-electron chi connectivity index (χ2n) is 9.50. The van der Waals surface area contributed by atoms with Crippen molar-refractivity contribution in [1.29, 1.82) is 0 Å². The van der Waals surface area contributed by atoms with Crippen molar-refractivity contribution in [2.75, 3.05) is 28.0 Å². The fourth-order valence-corrected chi connectivity index (χ4v) is 4.48. The first-order valence-corrected chi connectivity index (χ1v) is 12.4. The first-order chi connectivity index (χ1) is 14.9. The lowest BCUT2D eigenvalue weighted by Crippen LogP contribution is -2.45. The van der Waals surface area contributed by atoms with Gasteiger partial charge in [-0.15, -0.1) is 0 Å². The number of nitrogens with zero attached hydrogens (tertiary/aromatic N) is 1. The minimum atomic E-state index is -3.48. The minimum absolute atomic E-state index is 0.106. The molecule has 8 heteroatoms. The zero-order valence-electron chi connectivity index (χ0n) is 19.7. The molecule has 2 N–H and O–H groups in total. The molecule has 6 nitrogen and oxygen atoms in total. The molecular weight excluding hydrogens is 429 g/mol. The number of benzene rings is 2. The summed E-state index contributed by atoms with van der Waals surface area (Å²) in [5, 5.41) is 3.15. The van der Waals surface area contributed by atoms with Gasteiger partial charge in [-0.1, -0.05) is 12.1 Å². The highest BCUT2D eigenvalue weighted by Crippen LogP contribution is 2.30. The van der Waals surface area contributed by atoms with Crippen LogP contribution in [0.25, 0.3) is 0 Å². The molecule has 176 valence electrons. The van der Waals surface area contributed by atoms with Crippen molar-refractivity contribution in [2.24, 2.45) is 0 Å². The van der Waals surface area contributed by atoms with Gasteiger partial charge in [0.05, 0.1) is 22.6 Å². The molecule has 32 heavy (non-hydrogen) atoms. The van der Waals surface area contributed by atoms with Crippen LogP contribution in [0.15, 0.2) is 36.4 Å². The number of hydrogen-bond acceptors (Lipinski definition) is 5. The number of halogens is 1. The molecule has 3 rings (SSSR count). The topological polar surface area (TPSA) is 70.7 Å². The number of rotatable bonds is 6. The molecular formula is C24H34FN3O3S. The van der Waals surface area contributed by atoms with E-state index >= 15 is 4.39 Å².